The van der Waals surface area contributed by atoms with Gasteiger partial charge in [-0.15, -0.1) is 0 Å². The van der Waals surface area contributed by atoms with E-state index in [0.29, 0.717) is 17.4 Å². The molecule has 104 valence electrons. The minimum absolute atomic E-state index is 0.0288. The Balaban J connectivity index is 2.09. The Labute approximate surface area is 117 Å². The summed E-state index contributed by atoms with van der Waals surface area (Å²) in [6.45, 7) is 5.09. The number of hydrogen-bond acceptors (Lipinski definition) is 6. The molecule has 2 heterocycles. The first-order chi connectivity index (χ1) is 9.14. The van der Waals surface area contributed by atoms with Crippen LogP contribution in [0.4, 0.5) is 10.8 Å². The van der Waals surface area contributed by atoms with Crippen molar-refractivity contribution in [1.29, 1.82) is 5.26 Å². The van der Waals surface area contributed by atoms with Gasteiger partial charge in [-0.25, -0.2) is 0 Å². The zero-order valence-corrected chi connectivity index (χ0v) is 12.2. The van der Waals surface area contributed by atoms with Crippen molar-refractivity contribution in [2.45, 2.75) is 51.2 Å². The maximum atomic E-state index is 9.08. The molecule has 0 aliphatic carbocycles. The van der Waals surface area contributed by atoms with Crippen LogP contribution in [0.1, 0.15) is 45.1 Å². The van der Waals surface area contributed by atoms with Crippen LogP contribution in [0.5, 0.6) is 0 Å². The number of rotatable bonds is 4. The monoisotopic (exact) mass is 280 g/mol. The van der Waals surface area contributed by atoms with Gasteiger partial charge in [0.25, 0.3) is 0 Å². The van der Waals surface area contributed by atoms with E-state index in [4.69, 9.17) is 15.7 Å². The molecule has 0 spiro atoms. The summed E-state index contributed by atoms with van der Waals surface area (Å²) in [7, 11) is 0. The molecule has 0 radical (unpaired) electrons. The first-order valence-corrected chi connectivity index (χ1v) is 7.47. The Hall–Kier alpha value is -1.32. The molecular formula is C13H20N4OS. The van der Waals surface area contributed by atoms with Crippen LogP contribution in [-0.2, 0) is 4.74 Å². The molecule has 1 aromatic rings. The molecule has 1 aliphatic rings. The lowest BCUT2D eigenvalue weighted by Crippen LogP contribution is -2.43. The fraction of sp³-hybridized carbons (Fsp3) is 0.692. The van der Waals surface area contributed by atoms with Crippen molar-refractivity contribution in [3.05, 3.63) is 5.56 Å². The quantitative estimate of drug-likeness (QED) is 0.886. The lowest BCUT2D eigenvalue weighted by molar-refractivity contribution is -0.0864. The number of hydrogen-bond donors (Lipinski definition) is 2. The van der Waals surface area contributed by atoms with Gasteiger partial charge in [-0.3, -0.25) is 0 Å². The summed E-state index contributed by atoms with van der Waals surface area (Å²) in [6.07, 6.45) is 3.93. The maximum Gasteiger partial charge on any atom is 0.157 e. The number of nitrogen functional groups attached to an aromatic ring is 1. The number of nitrogens with one attached hydrogen (secondary N) is 1. The van der Waals surface area contributed by atoms with E-state index >= 15 is 0 Å². The lowest BCUT2D eigenvalue weighted by Gasteiger charge is -2.40. The van der Waals surface area contributed by atoms with Gasteiger partial charge in [0.15, 0.2) is 5.82 Å². The number of aromatic nitrogens is 1. The third-order valence-corrected chi connectivity index (χ3v) is 4.74. The average molecular weight is 280 g/mol. The van der Waals surface area contributed by atoms with Gasteiger partial charge >= 0.3 is 0 Å². The molecule has 3 N–H and O–H groups in total. The van der Waals surface area contributed by atoms with E-state index in [9.17, 15) is 0 Å². The number of anilines is 2. The van der Waals surface area contributed by atoms with Gasteiger partial charge in [0.2, 0.25) is 0 Å². The van der Waals surface area contributed by atoms with Crippen LogP contribution in [0.2, 0.25) is 0 Å². The van der Waals surface area contributed by atoms with E-state index in [-0.39, 0.29) is 5.60 Å². The van der Waals surface area contributed by atoms with E-state index < -0.39 is 0 Å². The summed E-state index contributed by atoms with van der Waals surface area (Å²) in [5, 5.41) is 13.3. The van der Waals surface area contributed by atoms with E-state index in [1.807, 2.05) is 0 Å². The van der Waals surface area contributed by atoms with Gasteiger partial charge in [0.1, 0.15) is 16.6 Å². The van der Waals surface area contributed by atoms with Crippen molar-refractivity contribution in [2.75, 3.05) is 17.7 Å². The second-order valence-electron chi connectivity index (χ2n) is 4.96. The molecule has 5 nitrogen and oxygen atoms in total. The van der Waals surface area contributed by atoms with Crippen molar-refractivity contribution in [3.63, 3.8) is 0 Å². The second-order valence-corrected chi connectivity index (χ2v) is 5.73. The molecule has 0 amide bonds. The molecule has 1 saturated heterocycles. The number of nitriles is 1. The average Bonchev–Trinajstić information content (AvgIpc) is 2.79. The van der Waals surface area contributed by atoms with Crippen molar-refractivity contribution >= 4 is 22.4 Å². The second kappa shape index (κ2) is 5.76. The highest BCUT2D eigenvalue weighted by Gasteiger charge is 2.34. The summed E-state index contributed by atoms with van der Waals surface area (Å²) >= 11 is 1.26. The number of nitrogens with two attached hydrogens (primary N) is 1. The van der Waals surface area contributed by atoms with Crippen LogP contribution in [0.3, 0.4) is 0 Å². The summed E-state index contributed by atoms with van der Waals surface area (Å²) in [5.41, 5.74) is 6.11. The van der Waals surface area contributed by atoms with Crippen molar-refractivity contribution < 1.29 is 4.74 Å². The molecule has 1 fully saturated rings. The molecule has 0 bridgehead atoms. The van der Waals surface area contributed by atoms with Gasteiger partial charge in [-0.2, -0.15) is 9.64 Å². The van der Waals surface area contributed by atoms with Gasteiger partial charge in [0, 0.05) is 12.6 Å². The Morgan fingerprint density at radius 2 is 2.32 bits per heavy atom. The molecule has 1 aromatic heterocycles. The Kier molecular flexibility index (Phi) is 4.27. The summed E-state index contributed by atoms with van der Waals surface area (Å²) in [4.78, 5) is 0. The van der Waals surface area contributed by atoms with Crippen LogP contribution in [-0.4, -0.2) is 22.6 Å². The summed E-state index contributed by atoms with van der Waals surface area (Å²) in [6, 6.07) is 2.43. The van der Waals surface area contributed by atoms with Crippen molar-refractivity contribution in [3.8, 4) is 6.07 Å². The largest absolute Gasteiger partial charge is 0.382 e. The smallest absolute Gasteiger partial charge is 0.157 e. The third kappa shape index (κ3) is 2.82. The minimum atomic E-state index is -0.0288. The minimum Gasteiger partial charge on any atom is -0.382 e. The molecule has 0 saturated carbocycles. The highest BCUT2D eigenvalue weighted by atomic mass is 32.1. The molecule has 2 rings (SSSR count). The van der Waals surface area contributed by atoms with Gasteiger partial charge < -0.3 is 15.8 Å². The highest BCUT2D eigenvalue weighted by molar-refractivity contribution is 7.10. The summed E-state index contributed by atoms with van der Waals surface area (Å²) in [5.74, 6) is 0.319. The molecule has 1 aliphatic heterocycles. The zero-order chi connectivity index (χ0) is 13.9. The van der Waals surface area contributed by atoms with Gasteiger partial charge in [-0.1, -0.05) is 13.8 Å². The molecule has 0 aromatic carbocycles. The normalized spacial score (nSPS) is 21.8. The molecule has 19 heavy (non-hydrogen) atoms. The van der Waals surface area contributed by atoms with E-state index in [0.717, 1.165) is 37.3 Å². The molecule has 1 atom stereocenters. The topological polar surface area (TPSA) is 84.0 Å². The first-order valence-electron chi connectivity index (χ1n) is 6.70. The Bertz CT molecular complexity index is 475. The van der Waals surface area contributed by atoms with Crippen LogP contribution >= 0.6 is 11.5 Å². The fourth-order valence-corrected chi connectivity index (χ4v) is 3.33. The van der Waals surface area contributed by atoms with Gasteiger partial charge in [-0.05, 0) is 37.2 Å². The maximum absolute atomic E-state index is 9.08. The first kappa shape index (κ1) is 14.1. The van der Waals surface area contributed by atoms with Crippen molar-refractivity contribution in [2.24, 2.45) is 0 Å². The standard InChI is InChI=1S/C13H20N4OS/c1-3-13(4-2)7-9(5-6-18-13)16-12-10(8-14)11(15)17-19-12/h9,16H,3-7H2,1-2H3,(H2,15,17). The Morgan fingerprint density at radius 3 is 2.95 bits per heavy atom. The lowest BCUT2D eigenvalue weighted by atomic mass is 9.86. The van der Waals surface area contributed by atoms with Crippen LogP contribution in [0.15, 0.2) is 0 Å². The Morgan fingerprint density at radius 1 is 1.58 bits per heavy atom. The fourth-order valence-electron chi connectivity index (χ4n) is 2.59. The van der Waals surface area contributed by atoms with E-state index in [1.165, 1.54) is 11.5 Å². The van der Waals surface area contributed by atoms with Crippen molar-refractivity contribution in [1.82, 2.24) is 4.37 Å². The predicted molar refractivity (Wildman–Crippen MR) is 77.2 cm³/mol. The third-order valence-electron chi connectivity index (χ3n) is 3.95. The zero-order valence-electron chi connectivity index (χ0n) is 11.4. The molecular weight excluding hydrogens is 260 g/mol. The molecule has 1 unspecified atom stereocenters. The van der Waals surface area contributed by atoms with E-state index in [1.54, 1.807) is 0 Å². The van der Waals surface area contributed by atoms with Crippen LogP contribution < -0.4 is 11.1 Å². The highest BCUT2D eigenvalue weighted by Crippen LogP contribution is 2.34. The van der Waals surface area contributed by atoms with Crippen LogP contribution in [0.25, 0.3) is 0 Å². The van der Waals surface area contributed by atoms with Crippen LogP contribution in [0, 0.1) is 11.3 Å². The number of ether oxygens (including phenoxy) is 1. The number of nitrogens with zero attached hydrogens (tertiary/aromatic N) is 2. The molecule has 6 heteroatoms. The van der Waals surface area contributed by atoms with Gasteiger partial charge in [0.05, 0.1) is 5.60 Å². The summed E-state index contributed by atoms with van der Waals surface area (Å²) < 4.78 is 9.98. The van der Waals surface area contributed by atoms with E-state index in [2.05, 4.69) is 29.6 Å². The predicted octanol–water partition coefficient (Wildman–Crippen LogP) is 2.75. The SMILES string of the molecule is CCC1(CC)CC(Nc2snc(N)c2C#N)CCO1.